The zero-order valence-corrected chi connectivity index (χ0v) is 12.2. The predicted octanol–water partition coefficient (Wildman–Crippen LogP) is 2.58. The van der Waals surface area contributed by atoms with Crippen molar-refractivity contribution < 1.29 is 4.74 Å². The molecule has 0 saturated heterocycles. The van der Waals surface area contributed by atoms with Gasteiger partial charge in [0.25, 0.3) is 5.56 Å². The first-order chi connectivity index (χ1) is 10.3. The maximum Gasteiger partial charge on any atom is 0.252 e. The van der Waals surface area contributed by atoms with Gasteiger partial charge in [-0.3, -0.25) is 4.79 Å². The third-order valence-corrected chi connectivity index (χ3v) is 4.08. The van der Waals surface area contributed by atoms with Gasteiger partial charge >= 0.3 is 0 Å². The second kappa shape index (κ2) is 6.87. The monoisotopic (exact) mass is 286 g/mol. The maximum atomic E-state index is 12.0. The number of hydrogen-bond acceptors (Lipinski definition) is 3. The van der Waals surface area contributed by atoms with E-state index in [4.69, 9.17) is 4.74 Å². The maximum absolute atomic E-state index is 12.0. The largest absolute Gasteiger partial charge is 0.377 e. The topological polar surface area (TPSA) is 54.1 Å². The number of aromatic amines is 1. The molecule has 1 aliphatic carbocycles. The fourth-order valence-electron chi connectivity index (χ4n) is 2.90. The van der Waals surface area contributed by atoms with E-state index in [-0.39, 0.29) is 5.56 Å². The van der Waals surface area contributed by atoms with Gasteiger partial charge < -0.3 is 15.0 Å². The van der Waals surface area contributed by atoms with Crippen molar-refractivity contribution in [3.63, 3.8) is 0 Å². The van der Waals surface area contributed by atoms with Crippen LogP contribution in [0.2, 0.25) is 0 Å². The lowest BCUT2D eigenvalue weighted by atomic mass is 10.1. The summed E-state index contributed by atoms with van der Waals surface area (Å²) in [6.45, 7) is 2.08. The van der Waals surface area contributed by atoms with Crippen LogP contribution in [0.1, 0.15) is 31.2 Å². The number of H-pyrrole nitrogens is 1. The summed E-state index contributed by atoms with van der Waals surface area (Å²) in [6.07, 6.45) is 5.44. The Morgan fingerprint density at radius 2 is 2.05 bits per heavy atom. The van der Waals surface area contributed by atoms with Gasteiger partial charge in [-0.25, -0.2) is 0 Å². The third-order valence-electron chi connectivity index (χ3n) is 4.08. The molecule has 0 spiro atoms. The van der Waals surface area contributed by atoms with Crippen LogP contribution in [0, 0.1) is 0 Å². The number of pyridine rings is 1. The summed E-state index contributed by atoms with van der Waals surface area (Å²) in [5.74, 6) is 0. The van der Waals surface area contributed by atoms with Gasteiger partial charge in [0.05, 0.1) is 12.7 Å². The molecule has 4 heteroatoms. The zero-order chi connectivity index (χ0) is 14.5. The molecule has 4 nitrogen and oxygen atoms in total. The number of nitrogens with one attached hydrogen (secondary N) is 2. The van der Waals surface area contributed by atoms with Gasteiger partial charge in [-0.05, 0) is 30.4 Å². The van der Waals surface area contributed by atoms with Crippen LogP contribution >= 0.6 is 0 Å². The average molecular weight is 286 g/mol. The fraction of sp³-hybridized carbons (Fsp3) is 0.471. The Balaban J connectivity index is 1.50. The molecule has 1 aliphatic rings. The molecule has 0 unspecified atom stereocenters. The quantitative estimate of drug-likeness (QED) is 0.803. The number of rotatable bonds is 6. The summed E-state index contributed by atoms with van der Waals surface area (Å²) < 4.78 is 5.79. The number of ether oxygens (including phenoxy) is 1. The molecule has 112 valence electrons. The summed E-state index contributed by atoms with van der Waals surface area (Å²) in [7, 11) is 0. The van der Waals surface area contributed by atoms with E-state index in [0.717, 1.165) is 29.6 Å². The summed E-state index contributed by atoms with van der Waals surface area (Å²) >= 11 is 0. The minimum atomic E-state index is -0.0158. The van der Waals surface area contributed by atoms with Crippen molar-refractivity contribution in [2.24, 2.45) is 0 Å². The summed E-state index contributed by atoms with van der Waals surface area (Å²) in [5, 5.41) is 4.35. The molecule has 0 bridgehead atoms. The molecule has 2 aromatic rings. The van der Waals surface area contributed by atoms with Gasteiger partial charge in [-0.1, -0.05) is 31.0 Å². The molecule has 2 N–H and O–H groups in total. The van der Waals surface area contributed by atoms with E-state index >= 15 is 0 Å². The van der Waals surface area contributed by atoms with E-state index in [0.29, 0.717) is 12.6 Å². The van der Waals surface area contributed by atoms with Gasteiger partial charge in [-0.2, -0.15) is 0 Å². The van der Waals surface area contributed by atoms with Gasteiger partial charge in [-0.15, -0.1) is 0 Å². The molecule has 0 atom stereocenters. The first-order valence-corrected chi connectivity index (χ1v) is 7.76. The van der Waals surface area contributed by atoms with E-state index in [1.54, 1.807) is 0 Å². The van der Waals surface area contributed by atoms with E-state index in [1.165, 1.54) is 25.7 Å². The molecule has 0 amide bonds. The normalized spacial score (nSPS) is 15.8. The summed E-state index contributed by atoms with van der Waals surface area (Å²) in [6, 6.07) is 9.80. The molecular weight excluding hydrogens is 264 g/mol. The molecule has 1 aromatic carbocycles. The van der Waals surface area contributed by atoms with Crippen LogP contribution in [0.25, 0.3) is 10.9 Å². The van der Waals surface area contributed by atoms with Crippen LogP contribution in [-0.4, -0.2) is 24.2 Å². The number of aromatic nitrogens is 1. The van der Waals surface area contributed by atoms with Crippen molar-refractivity contribution in [1.82, 2.24) is 10.3 Å². The molecule has 1 saturated carbocycles. The SMILES string of the molecule is O=c1[nH]c2ccccc2cc1CNCCOC1CCCC1. The average Bonchev–Trinajstić information content (AvgIpc) is 3.00. The Morgan fingerprint density at radius 1 is 1.24 bits per heavy atom. The van der Waals surface area contributed by atoms with Crippen LogP contribution in [0.3, 0.4) is 0 Å². The highest BCUT2D eigenvalue weighted by Crippen LogP contribution is 2.20. The van der Waals surface area contributed by atoms with Crippen LogP contribution in [0.4, 0.5) is 0 Å². The standard InChI is InChI=1S/C17H22N2O2/c20-17-14(11-13-5-1-4-8-16(13)19-17)12-18-9-10-21-15-6-2-3-7-15/h1,4-5,8,11,15,18H,2-3,6-7,9-10,12H2,(H,19,20). The number of benzene rings is 1. The van der Waals surface area contributed by atoms with Crippen LogP contribution in [0.5, 0.6) is 0 Å². The highest BCUT2D eigenvalue weighted by Gasteiger charge is 2.14. The first-order valence-electron chi connectivity index (χ1n) is 7.76. The minimum absolute atomic E-state index is 0.0158. The third kappa shape index (κ3) is 3.71. The predicted molar refractivity (Wildman–Crippen MR) is 84.5 cm³/mol. The fourth-order valence-corrected chi connectivity index (χ4v) is 2.90. The van der Waals surface area contributed by atoms with E-state index < -0.39 is 0 Å². The van der Waals surface area contributed by atoms with Crippen LogP contribution in [-0.2, 0) is 11.3 Å². The molecule has 1 heterocycles. The first kappa shape index (κ1) is 14.3. The van der Waals surface area contributed by atoms with E-state index in [9.17, 15) is 4.79 Å². The van der Waals surface area contributed by atoms with Crippen molar-refractivity contribution in [2.75, 3.05) is 13.2 Å². The second-order valence-electron chi connectivity index (χ2n) is 5.66. The molecular formula is C17H22N2O2. The number of hydrogen-bond donors (Lipinski definition) is 2. The highest BCUT2D eigenvalue weighted by molar-refractivity contribution is 5.78. The molecule has 21 heavy (non-hydrogen) atoms. The molecule has 1 fully saturated rings. The van der Waals surface area contributed by atoms with E-state index in [1.807, 2.05) is 30.3 Å². The van der Waals surface area contributed by atoms with E-state index in [2.05, 4.69) is 10.3 Å². The van der Waals surface area contributed by atoms with Crippen molar-refractivity contribution in [2.45, 2.75) is 38.3 Å². The number of para-hydroxylation sites is 1. The van der Waals surface area contributed by atoms with Crippen molar-refractivity contribution >= 4 is 10.9 Å². The second-order valence-corrected chi connectivity index (χ2v) is 5.66. The Labute approximate surface area is 124 Å². The zero-order valence-electron chi connectivity index (χ0n) is 12.2. The molecule has 0 aliphatic heterocycles. The lowest BCUT2D eigenvalue weighted by Crippen LogP contribution is -2.25. The summed E-state index contributed by atoms with van der Waals surface area (Å²) in [4.78, 5) is 14.9. The lowest BCUT2D eigenvalue weighted by molar-refractivity contribution is 0.0602. The molecule has 1 aromatic heterocycles. The Hall–Kier alpha value is -1.65. The number of fused-ring (bicyclic) bond motifs is 1. The molecule has 0 radical (unpaired) electrons. The Bertz CT molecular complexity index is 645. The van der Waals surface area contributed by atoms with Gasteiger partial charge in [0.1, 0.15) is 0 Å². The van der Waals surface area contributed by atoms with Gasteiger partial charge in [0.15, 0.2) is 0 Å². The van der Waals surface area contributed by atoms with Gasteiger partial charge in [0.2, 0.25) is 0 Å². The lowest BCUT2D eigenvalue weighted by Gasteiger charge is -2.11. The van der Waals surface area contributed by atoms with Crippen LogP contribution < -0.4 is 10.9 Å². The smallest absolute Gasteiger partial charge is 0.252 e. The van der Waals surface area contributed by atoms with Crippen molar-refractivity contribution in [1.29, 1.82) is 0 Å². The van der Waals surface area contributed by atoms with Crippen molar-refractivity contribution in [3.05, 3.63) is 46.2 Å². The van der Waals surface area contributed by atoms with Crippen LogP contribution in [0.15, 0.2) is 35.1 Å². The Kier molecular flexibility index (Phi) is 4.68. The highest BCUT2D eigenvalue weighted by atomic mass is 16.5. The molecule has 3 rings (SSSR count). The Morgan fingerprint density at radius 3 is 2.90 bits per heavy atom. The van der Waals surface area contributed by atoms with Crippen molar-refractivity contribution in [3.8, 4) is 0 Å². The summed E-state index contributed by atoms with van der Waals surface area (Å²) in [5.41, 5.74) is 1.64. The van der Waals surface area contributed by atoms with Gasteiger partial charge in [0, 0.05) is 24.2 Å². The minimum Gasteiger partial charge on any atom is -0.377 e.